The van der Waals surface area contributed by atoms with Gasteiger partial charge in [0.25, 0.3) is 0 Å². The smallest absolute Gasteiger partial charge is 0.305 e. The van der Waals surface area contributed by atoms with Crippen LogP contribution in [-0.2, 0) is 16.0 Å². The maximum atomic E-state index is 11.0. The van der Waals surface area contributed by atoms with E-state index in [0.29, 0.717) is 6.42 Å². The fraction of sp³-hybridized carbons (Fsp3) is 0.462. The molecule has 0 unspecified atom stereocenters. The summed E-state index contributed by atoms with van der Waals surface area (Å²) in [7, 11) is 1.41. The van der Waals surface area contributed by atoms with Gasteiger partial charge in [-0.2, -0.15) is 0 Å². The molecule has 0 spiro atoms. The van der Waals surface area contributed by atoms with Crippen molar-refractivity contribution in [2.24, 2.45) is 0 Å². The highest BCUT2D eigenvalue weighted by atomic mass is 32.1. The minimum Gasteiger partial charge on any atom is -0.469 e. The van der Waals surface area contributed by atoms with Gasteiger partial charge in [-0.3, -0.25) is 4.79 Å². The highest BCUT2D eigenvalue weighted by Gasteiger charge is 2.11. The predicted molar refractivity (Wildman–Crippen MR) is 77.7 cm³/mol. The van der Waals surface area contributed by atoms with Crippen LogP contribution in [0.2, 0.25) is 0 Å². The molecular formula is C13H16N2O2S2. The molecule has 2 heterocycles. The van der Waals surface area contributed by atoms with Gasteiger partial charge in [0.1, 0.15) is 11.4 Å². The molecule has 2 aromatic rings. The first kappa shape index (κ1) is 14.1. The molecule has 2 rings (SSSR count). The highest BCUT2D eigenvalue weighted by molar-refractivity contribution is 7.12. The van der Waals surface area contributed by atoms with Crippen LogP contribution in [-0.4, -0.2) is 23.0 Å². The van der Waals surface area contributed by atoms with E-state index in [9.17, 15) is 4.79 Å². The lowest BCUT2D eigenvalue weighted by Crippen LogP contribution is -2.00. The third-order valence-electron chi connectivity index (χ3n) is 2.70. The topological polar surface area (TPSA) is 52.1 Å². The van der Waals surface area contributed by atoms with Gasteiger partial charge in [0, 0.05) is 16.7 Å². The molecule has 0 aromatic carbocycles. The van der Waals surface area contributed by atoms with Crippen molar-refractivity contribution < 1.29 is 9.53 Å². The number of ether oxygens (including phenoxy) is 1. The van der Waals surface area contributed by atoms with Crippen LogP contribution >= 0.6 is 22.7 Å². The number of nitrogens with zero attached hydrogens (tertiary/aromatic N) is 2. The summed E-state index contributed by atoms with van der Waals surface area (Å²) in [4.78, 5) is 21.3. The summed E-state index contributed by atoms with van der Waals surface area (Å²) >= 11 is 3.31. The second-order valence-corrected chi connectivity index (χ2v) is 6.54. The van der Waals surface area contributed by atoms with Gasteiger partial charge >= 0.3 is 5.97 Å². The van der Waals surface area contributed by atoms with Crippen LogP contribution in [0.1, 0.15) is 27.7 Å². The van der Waals surface area contributed by atoms with Crippen LogP contribution in [0.4, 0.5) is 0 Å². The van der Waals surface area contributed by atoms with Gasteiger partial charge in [-0.05, 0) is 26.7 Å². The Balaban J connectivity index is 1.99. The Kier molecular flexibility index (Phi) is 4.66. The number of carbonyl (C=O) groups excluding carboxylic acids is 1. The van der Waals surface area contributed by atoms with Crippen LogP contribution in [0, 0.1) is 13.8 Å². The first-order valence-electron chi connectivity index (χ1n) is 6.05. The number of carbonyl (C=O) groups is 1. The molecule has 0 atom stereocenters. The van der Waals surface area contributed by atoms with Crippen LogP contribution in [0.3, 0.4) is 0 Å². The molecule has 19 heavy (non-hydrogen) atoms. The molecule has 0 fully saturated rings. The largest absolute Gasteiger partial charge is 0.469 e. The van der Waals surface area contributed by atoms with E-state index < -0.39 is 0 Å². The van der Waals surface area contributed by atoms with Crippen molar-refractivity contribution in [3.63, 3.8) is 0 Å². The second kappa shape index (κ2) is 6.25. The molecule has 0 aliphatic heterocycles. The van der Waals surface area contributed by atoms with Crippen molar-refractivity contribution in [2.45, 2.75) is 33.1 Å². The second-order valence-electron chi connectivity index (χ2n) is 4.19. The number of methoxy groups -OCH3 is 1. The maximum Gasteiger partial charge on any atom is 0.305 e. The molecule has 0 bridgehead atoms. The van der Waals surface area contributed by atoms with E-state index in [-0.39, 0.29) is 5.97 Å². The SMILES string of the molecule is COC(=O)CCCc1nc(-c2nc(C)sc2C)cs1. The molecule has 4 nitrogen and oxygen atoms in total. The van der Waals surface area contributed by atoms with Gasteiger partial charge in [0.05, 0.1) is 17.1 Å². The Morgan fingerprint density at radius 1 is 1.37 bits per heavy atom. The van der Waals surface area contributed by atoms with E-state index in [1.165, 1.54) is 12.0 Å². The van der Waals surface area contributed by atoms with Crippen molar-refractivity contribution in [1.29, 1.82) is 0 Å². The summed E-state index contributed by atoms with van der Waals surface area (Å²) in [5.74, 6) is -0.164. The van der Waals surface area contributed by atoms with Crippen molar-refractivity contribution in [2.75, 3.05) is 7.11 Å². The Hall–Kier alpha value is -1.27. The van der Waals surface area contributed by atoms with E-state index >= 15 is 0 Å². The van der Waals surface area contributed by atoms with Gasteiger partial charge in [0.15, 0.2) is 0 Å². The third kappa shape index (κ3) is 3.61. The van der Waals surface area contributed by atoms with Gasteiger partial charge < -0.3 is 4.74 Å². The third-order valence-corrected chi connectivity index (χ3v) is 4.49. The quantitative estimate of drug-likeness (QED) is 0.794. The molecule has 0 aliphatic rings. The summed E-state index contributed by atoms with van der Waals surface area (Å²) in [6.45, 7) is 4.07. The van der Waals surface area contributed by atoms with Crippen LogP contribution < -0.4 is 0 Å². The summed E-state index contributed by atoms with van der Waals surface area (Å²) in [6, 6.07) is 0. The molecule has 2 aromatic heterocycles. The van der Waals surface area contributed by atoms with Gasteiger partial charge in [0.2, 0.25) is 0 Å². The zero-order valence-electron chi connectivity index (χ0n) is 11.2. The molecule has 0 saturated carbocycles. The minimum atomic E-state index is -0.164. The summed E-state index contributed by atoms with van der Waals surface area (Å²) in [5, 5.41) is 4.14. The summed E-state index contributed by atoms with van der Waals surface area (Å²) in [5.41, 5.74) is 1.93. The van der Waals surface area contributed by atoms with Gasteiger partial charge in [-0.1, -0.05) is 0 Å². The normalized spacial score (nSPS) is 10.7. The standard InChI is InChI=1S/C13H16N2O2S2/c1-8-13(14-9(2)19-8)10-7-18-11(15-10)5-4-6-12(16)17-3/h7H,4-6H2,1-3H3. The number of esters is 1. The first-order valence-corrected chi connectivity index (χ1v) is 7.75. The minimum absolute atomic E-state index is 0.164. The van der Waals surface area contributed by atoms with Crippen molar-refractivity contribution >= 4 is 28.6 Å². The monoisotopic (exact) mass is 296 g/mol. The summed E-state index contributed by atoms with van der Waals surface area (Å²) < 4.78 is 4.62. The Bertz CT molecular complexity index is 575. The zero-order chi connectivity index (χ0) is 13.8. The number of aromatic nitrogens is 2. The molecule has 0 radical (unpaired) electrons. The fourth-order valence-electron chi connectivity index (χ4n) is 1.79. The lowest BCUT2D eigenvalue weighted by molar-refractivity contribution is -0.140. The van der Waals surface area contributed by atoms with Gasteiger partial charge in [-0.25, -0.2) is 9.97 Å². The van der Waals surface area contributed by atoms with Crippen molar-refractivity contribution in [1.82, 2.24) is 9.97 Å². The molecule has 102 valence electrons. The van der Waals surface area contributed by atoms with E-state index in [1.807, 2.05) is 12.3 Å². The van der Waals surface area contributed by atoms with Crippen molar-refractivity contribution in [3.8, 4) is 11.4 Å². The molecule has 0 aliphatic carbocycles. The first-order chi connectivity index (χ1) is 9.10. The number of rotatable bonds is 5. The number of hydrogen-bond donors (Lipinski definition) is 0. The molecular weight excluding hydrogens is 280 g/mol. The molecule has 0 N–H and O–H groups in total. The predicted octanol–water partition coefficient (Wildman–Crippen LogP) is 3.38. The van der Waals surface area contributed by atoms with E-state index in [1.54, 1.807) is 22.7 Å². The average Bonchev–Trinajstić information content (AvgIpc) is 2.95. The summed E-state index contributed by atoms with van der Waals surface area (Å²) in [6.07, 6.45) is 2.02. The Labute approximate surface area is 120 Å². The fourth-order valence-corrected chi connectivity index (χ4v) is 3.44. The number of aryl methyl sites for hydroxylation is 3. The van der Waals surface area contributed by atoms with Crippen LogP contribution in [0.25, 0.3) is 11.4 Å². The lowest BCUT2D eigenvalue weighted by atomic mass is 10.2. The zero-order valence-corrected chi connectivity index (χ0v) is 12.9. The van der Waals surface area contributed by atoms with Crippen molar-refractivity contribution in [3.05, 3.63) is 20.3 Å². The van der Waals surface area contributed by atoms with Gasteiger partial charge in [-0.15, -0.1) is 22.7 Å². The van der Waals surface area contributed by atoms with E-state index in [4.69, 9.17) is 0 Å². The molecule has 0 amide bonds. The highest BCUT2D eigenvalue weighted by Crippen LogP contribution is 2.28. The Morgan fingerprint density at radius 3 is 2.79 bits per heavy atom. The lowest BCUT2D eigenvalue weighted by Gasteiger charge is -1.97. The van der Waals surface area contributed by atoms with E-state index in [2.05, 4.69) is 21.6 Å². The maximum absolute atomic E-state index is 11.0. The number of thiazole rings is 2. The average molecular weight is 296 g/mol. The van der Waals surface area contributed by atoms with Crippen LogP contribution in [0.15, 0.2) is 5.38 Å². The Morgan fingerprint density at radius 2 is 2.16 bits per heavy atom. The van der Waals surface area contributed by atoms with E-state index in [0.717, 1.165) is 34.2 Å². The van der Waals surface area contributed by atoms with Crippen LogP contribution in [0.5, 0.6) is 0 Å². The molecule has 6 heteroatoms. The molecule has 0 saturated heterocycles. The number of hydrogen-bond acceptors (Lipinski definition) is 6.